The molecule has 4 heterocycles. The van der Waals surface area contributed by atoms with E-state index in [1.54, 1.807) is 44.1 Å². The third-order valence-electron chi connectivity index (χ3n) is 5.02. The monoisotopic (exact) mass is 442 g/mol. The second kappa shape index (κ2) is 7.86. The van der Waals surface area contributed by atoms with Crippen molar-refractivity contribution >= 4 is 26.6 Å². The van der Waals surface area contributed by atoms with Crippen molar-refractivity contribution in [3.63, 3.8) is 0 Å². The van der Waals surface area contributed by atoms with E-state index in [1.165, 1.54) is 16.9 Å². The number of aromatic nitrogens is 5. The lowest BCUT2D eigenvalue weighted by Gasteiger charge is -2.10. The average molecular weight is 443 g/mol. The average Bonchev–Trinajstić information content (AvgIpc) is 3.26. The highest BCUT2D eigenvalue weighted by Crippen LogP contribution is 2.31. The Morgan fingerprint density at radius 2 is 1.69 bits per heavy atom. The Hall–Kier alpha value is -4.11. The van der Waals surface area contributed by atoms with Gasteiger partial charge >= 0.3 is 0 Å². The van der Waals surface area contributed by atoms with Crippen LogP contribution in [-0.2, 0) is 17.1 Å². The van der Waals surface area contributed by atoms with Crippen LogP contribution in [0.1, 0.15) is 0 Å². The number of rotatable bonds is 5. The Kier molecular flexibility index (Phi) is 4.87. The number of hydrogen-bond acceptors (Lipinski definition) is 6. The van der Waals surface area contributed by atoms with Crippen molar-refractivity contribution < 1.29 is 8.42 Å². The van der Waals surface area contributed by atoms with Gasteiger partial charge in [0.2, 0.25) is 0 Å². The normalized spacial score (nSPS) is 11.5. The van der Waals surface area contributed by atoms with Crippen LogP contribution >= 0.6 is 0 Å². The second-order valence-electron chi connectivity index (χ2n) is 7.22. The molecule has 8 nitrogen and oxygen atoms in total. The molecule has 4 aromatic heterocycles. The number of aryl methyl sites for hydroxylation is 1. The van der Waals surface area contributed by atoms with E-state index in [0.29, 0.717) is 5.69 Å². The van der Waals surface area contributed by atoms with E-state index in [9.17, 15) is 8.42 Å². The molecule has 0 saturated heterocycles. The Morgan fingerprint density at radius 3 is 2.47 bits per heavy atom. The maximum Gasteiger partial charge on any atom is 0.281 e. The zero-order chi connectivity index (χ0) is 22.1. The topological polar surface area (TPSA) is 103 Å². The van der Waals surface area contributed by atoms with Crippen LogP contribution in [0.4, 0.5) is 5.69 Å². The van der Waals surface area contributed by atoms with Gasteiger partial charge in [0.15, 0.2) is 5.03 Å². The zero-order valence-corrected chi connectivity index (χ0v) is 17.9. The van der Waals surface area contributed by atoms with Gasteiger partial charge in [-0.1, -0.05) is 6.07 Å². The molecule has 1 N–H and O–H groups in total. The number of pyridine rings is 3. The minimum Gasteiger partial charge on any atom is -0.277 e. The molecule has 5 rings (SSSR count). The second-order valence-corrected chi connectivity index (χ2v) is 8.85. The SMILES string of the molecule is Cn1ccc(S(=O)(=O)Nc2cncc(-c3ccc4nccc(-c5ccncc5)c4c3)c2)n1. The molecule has 158 valence electrons. The summed E-state index contributed by atoms with van der Waals surface area (Å²) in [6.07, 6.45) is 10.0. The van der Waals surface area contributed by atoms with E-state index in [2.05, 4.69) is 24.8 Å². The zero-order valence-electron chi connectivity index (χ0n) is 17.0. The van der Waals surface area contributed by atoms with Crippen LogP contribution in [0.15, 0.2) is 90.7 Å². The number of benzene rings is 1. The molecule has 32 heavy (non-hydrogen) atoms. The van der Waals surface area contributed by atoms with Gasteiger partial charge in [-0.3, -0.25) is 24.4 Å². The quantitative estimate of drug-likeness (QED) is 0.443. The van der Waals surface area contributed by atoms with Gasteiger partial charge in [0, 0.05) is 49.0 Å². The van der Waals surface area contributed by atoms with Crippen molar-refractivity contribution in [1.82, 2.24) is 24.7 Å². The van der Waals surface area contributed by atoms with Crippen molar-refractivity contribution in [2.45, 2.75) is 5.03 Å². The first-order valence-electron chi connectivity index (χ1n) is 9.77. The highest BCUT2D eigenvalue weighted by atomic mass is 32.2. The van der Waals surface area contributed by atoms with Crippen LogP contribution in [0.3, 0.4) is 0 Å². The van der Waals surface area contributed by atoms with Crippen LogP contribution in [0, 0.1) is 0 Å². The predicted octanol–water partition coefficient (Wildman–Crippen LogP) is 3.89. The largest absolute Gasteiger partial charge is 0.281 e. The molecule has 0 fully saturated rings. The summed E-state index contributed by atoms with van der Waals surface area (Å²) in [7, 11) is -2.14. The Labute approximate surface area is 184 Å². The molecule has 0 aliphatic heterocycles. The molecule has 0 amide bonds. The van der Waals surface area contributed by atoms with Gasteiger partial charge in [-0.2, -0.15) is 13.5 Å². The summed E-state index contributed by atoms with van der Waals surface area (Å²) < 4.78 is 29.2. The van der Waals surface area contributed by atoms with E-state index in [-0.39, 0.29) is 5.03 Å². The van der Waals surface area contributed by atoms with Crippen LogP contribution in [0.5, 0.6) is 0 Å². The molecule has 0 aliphatic rings. The lowest BCUT2D eigenvalue weighted by atomic mass is 9.98. The third kappa shape index (κ3) is 3.81. The fourth-order valence-electron chi connectivity index (χ4n) is 3.51. The number of fused-ring (bicyclic) bond motifs is 1. The highest BCUT2D eigenvalue weighted by Gasteiger charge is 2.18. The molecular weight excluding hydrogens is 424 g/mol. The van der Waals surface area contributed by atoms with E-state index in [0.717, 1.165) is 33.2 Å². The van der Waals surface area contributed by atoms with Crippen molar-refractivity contribution in [1.29, 1.82) is 0 Å². The summed E-state index contributed by atoms with van der Waals surface area (Å²) >= 11 is 0. The fourth-order valence-corrected chi connectivity index (χ4v) is 4.51. The van der Waals surface area contributed by atoms with Gasteiger partial charge in [0.25, 0.3) is 10.0 Å². The molecule has 9 heteroatoms. The first-order valence-corrected chi connectivity index (χ1v) is 11.2. The van der Waals surface area contributed by atoms with Crippen molar-refractivity contribution in [2.24, 2.45) is 7.05 Å². The summed E-state index contributed by atoms with van der Waals surface area (Å²) in [5.74, 6) is 0. The molecule has 0 atom stereocenters. The molecule has 1 aromatic carbocycles. The van der Waals surface area contributed by atoms with E-state index >= 15 is 0 Å². The predicted molar refractivity (Wildman–Crippen MR) is 122 cm³/mol. The van der Waals surface area contributed by atoms with Gasteiger partial charge in [-0.25, -0.2) is 0 Å². The smallest absolute Gasteiger partial charge is 0.277 e. The van der Waals surface area contributed by atoms with Crippen LogP contribution in [0.25, 0.3) is 33.2 Å². The maximum absolute atomic E-state index is 12.6. The Bertz CT molecular complexity index is 1530. The van der Waals surface area contributed by atoms with Crippen LogP contribution in [0.2, 0.25) is 0 Å². The lowest BCUT2D eigenvalue weighted by molar-refractivity contribution is 0.593. The molecule has 0 radical (unpaired) electrons. The summed E-state index contributed by atoms with van der Waals surface area (Å²) in [6.45, 7) is 0. The van der Waals surface area contributed by atoms with Crippen LogP contribution < -0.4 is 4.72 Å². The van der Waals surface area contributed by atoms with E-state index in [4.69, 9.17) is 0 Å². The molecule has 0 spiro atoms. The lowest BCUT2D eigenvalue weighted by Crippen LogP contribution is -2.14. The van der Waals surface area contributed by atoms with Gasteiger partial charge < -0.3 is 0 Å². The Balaban J connectivity index is 1.54. The van der Waals surface area contributed by atoms with E-state index < -0.39 is 10.0 Å². The van der Waals surface area contributed by atoms with Gasteiger partial charge in [-0.05, 0) is 59.2 Å². The molecule has 0 saturated carbocycles. The summed E-state index contributed by atoms with van der Waals surface area (Å²) in [4.78, 5) is 12.8. The minimum absolute atomic E-state index is 0.0517. The number of anilines is 1. The van der Waals surface area contributed by atoms with Crippen molar-refractivity contribution in [2.75, 3.05) is 4.72 Å². The van der Waals surface area contributed by atoms with Crippen molar-refractivity contribution in [3.8, 4) is 22.3 Å². The van der Waals surface area contributed by atoms with E-state index in [1.807, 2.05) is 36.4 Å². The number of hydrogen-bond donors (Lipinski definition) is 1. The maximum atomic E-state index is 12.6. The van der Waals surface area contributed by atoms with Gasteiger partial charge in [0.05, 0.1) is 17.4 Å². The van der Waals surface area contributed by atoms with Crippen molar-refractivity contribution in [3.05, 3.63) is 85.7 Å². The van der Waals surface area contributed by atoms with Gasteiger partial charge in [-0.15, -0.1) is 0 Å². The Morgan fingerprint density at radius 1 is 0.844 bits per heavy atom. The fraction of sp³-hybridized carbons (Fsp3) is 0.0435. The molecule has 0 bridgehead atoms. The van der Waals surface area contributed by atoms with Crippen LogP contribution in [-0.4, -0.2) is 33.2 Å². The number of nitrogens with zero attached hydrogens (tertiary/aromatic N) is 5. The summed E-state index contributed by atoms with van der Waals surface area (Å²) in [5.41, 5.74) is 4.97. The minimum atomic E-state index is -3.81. The van der Waals surface area contributed by atoms with Gasteiger partial charge in [0.1, 0.15) is 0 Å². The third-order valence-corrected chi connectivity index (χ3v) is 6.29. The molecular formula is C23H18N6O2S. The molecule has 0 aliphatic carbocycles. The number of sulfonamides is 1. The first-order chi connectivity index (χ1) is 15.5. The standard InChI is InChI=1S/C23H18N6O2S/c1-29-11-7-23(27-29)32(30,31)28-19-12-18(14-25-15-19)17-2-3-22-21(13-17)20(6-10-26-22)16-4-8-24-9-5-16/h2-15,28H,1H3. The highest BCUT2D eigenvalue weighted by molar-refractivity contribution is 7.92. The summed E-state index contributed by atoms with van der Waals surface area (Å²) in [6, 6.07) is 15.0. The summed E-state index contributed by atoms with van der Waals surface area (Å²) in [5, 5.41) is 4.90. The first kappa shape index (κ1) is 19.8. The molecule has 5 aromatic rings. The number of nitrogens with one attached hydrogen (secondary N) is 1. The molecule has 0 unspecified atom stereocenters.